The summed E-state index contributed by atoms with van der Waals surface area (Å²) in [5, 5.41) is 4.23. The molecule has 0 rings (SSSR count). The molecule has 0 bridgehead atoms. The van der Waals surface area contributed by atoms with Gasteiger partial charge in [-0.05, 0) is 19.8 Å². The Bertz CT molecular complexity index is 356. The Morgan fingerprint density at radius 1 is 1.25 bits per heavy atom. The number of hydrogen-bond acceptors (Lipinski definition) is 2. The topological polar surface area (TPSA) is 84.2 Å². The zero-order chi connectivity index (χ0) is 16.1. The van der Waals surface area contributed by atoms with Crippen molar-refractivity contribution in [1.82, 2.24) is 10.6 Å². The largest absolute Gasteiger partial charge is 0.408 e. The van der Waals surface area contributed by atoms with Gasteiger partial charge in [0.2, 0.25) is 5.91 Å². The van der Waals surface area contributed by atoms with E-state index in [-0.39, 0.29) is 12.8 Å². The second-order valence-corrected chi connectivity index (χ2v) is 5.53. The highest BCUT2D eigenvalue weighted by molar-refractivity contribution is 5.78. The minimum atomic E-state index is -4.53. The highest BCUT2D eigenvalue weighted by Crippen LogP contribution is 2.27. The van der Waals surface area contributed by atoms with Crippen molar-refractivity contribution in [3.8, 4) is 0 Å². The van der Waals surface area contributed by atoms with Crippen molar-refractivity contribution in [1.29, 1.82) is 0 Å². The van der Waals surface area contributed by atoms with Crippen LogP contribution in [0.5, 0.6) is 0 Å². The molecule has 0 aliphatic rings. The predicted molar refractivity (Wildman–Crippen MR) is 68.9 cm³/mol. The first kappa shape index (κ1) is 18.5. The second kappa shape index (κ2) is 6.81. The van der Waals surface area contributed by atoms with Crippen LogP contribution < -0.4 is 16.4 Å². The summed E-state index contributed by atoms with van der Waals surface area (Å²) in [5.74, 6) is -1.40. The van der Waals surface area contributed by atoms with Crippen molar-refractivity contribution in [2.75, 3.05) is 0 Å². The molecule has 4 N–H and O–H groups in total. The zero-order valence-corrected chi connectivity index (χ0v) is 12.1. The molecule has 0 heterocycles. The third kappa shape index (κ3) is 6.63. The maximum atomic E-state index is 12.8. The van der Waals surface area contributed by atoms with Crippen LogP contribution in [0.25, 0.3) is 0 Å². The molecule has 118 valence electrons. The Labute approximate surface area is 116 Å². The molecule has 20 heavy (non-hydrogen) atoms. The molecule has 2 atom stereocenters. The molecule has 0 saturated heterocycles. The Balaban J connectivity index is 4.74. The number of alkyl halides is 3. The molecule has 8 heteroatoms. The van der Waals surface area contributed by atoms with E-state index >= 15 is 0 Å². The molecule has 3 amide bonds. The van der Waals surface area contributed by atoms with Gasteiger partial charge in [0, 0.05) is 12.0 Å². The van der Waals surface area contributed by atoms with E-state index in [1.807, 2.05) is 5.32 Å². The Morgan fingerprint density at radius 3 is 2.10 bits per heavy atom. The van der Waals surface area contributed by atoms with Crippen molar-refractivity contribution in [3.63, 3.8) is 0 Å². The summed E-state index contributed by atoms with van der Waals surface area (Å²) in [6.07, 6.45) is -4.42. The second-order valence-electron chi connectivity index (χ2n) is 5.53. The van der Waals surface area contributed by atoms with E-state index in [1.54, 1.807) is 6.92 Å². The van der Waals surface area contributed by atoms with Gasteiger partial charge >= 0.3 is 12.2 Å². The number of amides is 3. The van der Waals surface area contributed by atoms with Gasteiger partial charge in [-0.2, -0.15) is 13.2 Å². The fourth-order valence-electron chi connectivity index (χ4n) is 1.75. The fraction of sp³-hybridized carbons (Fsp3) is 0.833. The lowest BCUT2D eigenvalue weighted by atomic mass is 9.98. The van der Waals surface area contributed by atoms with E-state index < -0.39 is 35.6 Å². The van der Waals surface area contributed by atoms with Crippen LogP contribution in [0.3, 0.4) is 0 Å². The van der Waals surface area contributed by atoms with E-state index in [4.69, 9.17) is 5.73 Å². The highest BCUT2D eigenvalue weighted by atomic mass is 19.4. The summed E-state index contributed by atoms with van der Waals surface area (Å²) in [7, 11) is 0. The Kier molecular flexibility index (Phi) is 6.31. The average Bonchev–Trinajstić information content (AvgIpc) is 2.20. The third-order valence-corrected chi connectivity index (χ3v) is 2.92. The summed E-state index contributed by atoms with van der Waals surface area (Å²) in [5.41, 5.74) is 3.99. The lowest BCUT2D eigenvalue weighted by Gasteiger charge is -2.30. The number of halogens is 3. The number of carbonyl (C=O) groups excluding carboxylic acids is 2. The van der Waals surface area contributed by atoms with Gasteiger partial charge in [-0.1, -0.05) is 20.3 Å². The van der Waals surface area contributed by atoms with Crippen LogP contribution in [0.4, 0.5) is 18.0 Å². The van der Waals surface area contributed by atoms with Crippen LogP contribution in [0.15, 0.2) is 0 Å². The average molecular weight is 297 g/mol. The molecule has 0 aliphatic heterocycles. The molecule has 0 unspecified atom stereocenters. The molecule has 0 saturated carbocycles. The molecule has 0 aromatic carbocycles. The molecule has 0 aromatic heterocycles. The summed E-state index contributed by atoms with van der Waals surface area (Å²) in [4.78, 5) is 22.4. The van der Waals surface area contributed by atoms with Gasteiger partial charge in [-0.3, -0.25) is 4.79 Å². The van der Waals surface area contributed by atoms with Crippen molar-refractivity contribution in [3.05, 3.63) is 0 Å². The molecule has 5 nitrogen and oxygen atoms in total. The lowest BCUT2D eigenvalue weighted by Crippen LogP contribution is -2.57. The van der Waals surface area contributed by atoms with Gasteiger partial charge < -0.3 is 16.4 Å². The molecule has 0 aliphatic carbocycles. The van der Waals surface area contributed by atoms with E-state index in [9.17, 15) is 22.8 Å². The quantitative estimate of drug-likeness (QED) is 0.699. The van der Waals surface area contributed by atoms with Gasteiger partial charge in [0.15, 0.2) is 0 Å². The first-order valence-electron chi connectivity index (χ1n) is 6.32. The van der Waals surface area contributed by atoms with Gasteiger partial charge in [0.25, 0.3) is 0 Å². The van der Waals surface area contributed by atoms with Crippen LogP contribution in [-0.4, -0.2) is 29.7 Å². The van der Waals surface area contributed by atoms with Crippen molar-refractivity contribution in [2.24, 2.45) is 11.7 Å². The van der Waals surface area contributed by atoms with Gasteiger partial charge in [0.05, 0.1) is 0 Å². The number of hydrogen-bond donors (Lipinski definition) is 3. The smallest absolute Gasteiger partial charge is 0.370 e. The Morgan fingerprint density at radius 2 is 1.75 bits per heavy atom. The normalized spacial score (nSPS) is 15.3. The summed E-state index contributed by atoms with van der Waals surface area (Å²) < 4.78 is 38.5. The van der Waals surface area contributed by atoms with Crippen LogP contribution in [0.2, 0.25) is 0 Å². The number of rotatable bonds is 6. The minimum Gasteiger partial charge on any atom is -0.370 e. The highest BCUT2D eigenvalue weighted by Gasteiger charge is 2.43. The number of urea groups is 1. The van der Waals surface area contributed by atoms with E-state index in [2.05, 4.69) is 5.32 Å². The van der Waals surface area contributed by atoms with Gasteiger partial charge in [-0.25, -0.2) is 4.79 Å². The monoisotopic (exact) mass is 297 g/mol. The van der Waals surface area contributed by atoms with Crippen LogP contribution >= 0.6 is 0 Å². The van der Waals surface area contributed by atoms with Crippen LogP contribution in [0.1, 0.15) is 40.5 Å². The summed E-state index contributed by atoms with van der Waals surface area (Å²) in [6, 6.07) is -2.91. The molecule has 0 spiro atoms. The Hall–Kier alpha value is -1.47. The van der Waals surface area contributed by atoms with Crippen LogP contribution in [0, 0.1) is 5.92 Å². The summed E-state index contributed by atoms with van der Waals surface area (Å²) in [6.45, 7) is 6.03. The molecule has 0 fully saturated rings. The molecular formula is C12H22F3N3O2. The number of primary amides is 1. The van der Waals surface area contributed by atoms with Crippen LogP contribution in [-0.2, 0) is 4.79 Å². The molecular weight excluding hydrogens is 275 g/mol. The van der Waals surface area contributed by atoms with Gasteiger partial charge in [0.1, 0.15) is 6.04 Å². The number of carbonyl (C=O) groups is 2. The molecule has 0 aromatic rings. The standard InChI is InChI=1S/C12H22F3N3O2/c1-5-7(2)9(12(13,14)15)17-10(20)18-11(3,4)6-8(16)19/h7,9H,5-6H2,1-4H3,(H2,16,19)(H2,17,18,20)/t7-,9+/m1/s1. The van der Waals surface area contributed by atoms with Crippen molar-refractivity contribution in [2.45, 2.75) is 58.3 Å². The molecule has 0 radical (unpaired) electrons. The van der Waals surface area contributed by atoms with Crippen molar-refractivity contribution >= 4 is 11.9 Å². The first-order chi connectivity index (χ1) is 8.89. The fourth-order valence-corrected chi connectivity index (χ4v) is 1.75. The number of nitrogens with two attached hydrogens (primary N) is 1. The maximum absolute atomic E-state index is 12.8. The van der Waals surface area contributed by atoms with Gasteiger partial charge in [-0.15, -0.1) is 0 Å². The third-order valence-electron chi connectivity index (χ3n) is 2.92. The SMILES string of the molecule is CC[C@@H](C)[C@H](NC(=O)NC(C)(C)CC(N)=O)C(F)(F)F. The predicted octanol–water partition coefficient (Wildman–Crippen LogP) is 1.92. The maximum Gasteiger partial charge on any atom is 0.408 e. The number of nitrogens with one attached hydrogen (secondary N) is 2. The van der Waals surface area contributed by atoms with E-state index in [1.165, 1.54) is 20.8 Å². The lowest BCUT2D eigenvalue weighted by molar-refractivity contribution is -0.164. The van der Waals surface area contributed by atoms with E-state index in [0.29, 0.717) is 0 Å². The zero-order valence-electron chi connectivity index (χ0n) is 12.1. The van der Waals surface area contributed by atoms with E-state index in [0.717, 1.165) is 0 Å². The minimum absolute atomic E-state index is 0.166. The summed E-state index contributed by atoms with van der Waals surface area (Å²) >= 11 is 0. The first-order valence-corrected chi connectivity index (χ1v) is 6.32. The van der Waals surface area contributed by atoms with Crippen molar-refractivity contribution < 1.29 is 22.8 Å².